The normalized spacial score (nSPS) is 19.6. The van der Waals surface area contributed by atoms with Gasteiger partial charge in [0.25, 0.3) is 0 Å². The first-order valence-electron chi connectivity index (χ1n) is 8.66. The van der Waals surface area contributed by atoms with Crippen molar-refractivity contribution < 1.29 is 0 Å². The second-order valence-corrected chi connectivity index (χ2v) is 7.03. The maximum Gasteiger partial charge on any atom is 0.170 e. The zero-order valence-corrected chi connectivity index (χ0v) is 15.6. The second-order valence-electron chi connectivity index (χ2n) is 6.64. The van der Waals surface area contributed by atoms with Crippen LogP contribution in [0.5, 0.6) is 0 Å². The minimum atomic E-state index is 0.0134. The summed E-state index contributed by atoms with van der Waals surface area (Å²) in [6.45, 7) is 4.93. The summed E-state index contributed by atoms with van der Waals surface area (Å²) in [5.41, 5.74) is 5.74. The van der Waals surface area contributed by atoms with Gasteiger partial charge in [-0.15, -0.1) is 0 Å². The van der Waals surface area contributed by atoms with Crippen molar-refractivity contribution in [1.82, 2.24) is 25.2 Å². The van der Waals surface area contributed by atoms with Gasteiger partial charge in [0.1, 0.15) is 0 Å². The molecule has 0 bridgehead atoms. The number of nitrogens with one attached hydrogen (secondary N) is 2. The fourth-order valence-corrected chi connectivity index (χ4v) is 3.96. The van der Waals surface area contributed by atoms with Gasteiger partial charge in [0.05, 0.1) is 17.8 Å². The molecule has 4 rings (SSSR count). The van der Waals surface area contributed by atoms with E-state index in [4.69, 9.17) is 12.2 Å². The number of thiocarbonyl (C=S) groups is 1. The van der Waals surface area contributed by atoms with Crippen LogP contribution in [0, 0.1) is 13.8 Å². The summed E-state index contributed by atoms with van der Waals surface area (Å²) in [4.78, 5) is 14.4. The molecule has 1 aliphatic heterocycles. The minimum absolute atomic E-state index is 0.0134. The second kappa shape index (κ2) is 6.88. The van der Waals surface area contributed by atoms with Crippen LogP contribution in [0.15, 0.2) is 55.0 Å². The van der Waals surface area contributed by atoms with Gasteiger partial charge in [-0.05, 0) is 67.5 Å². The van der Waals surface area contributed by atoms with E-state index >= 15 is 0 Å². The summed E-state index contributed by atoms with van der Waals surface area (Å²) in [6, 6.07) is 12.4. The van der Waals surface area contributed by atoms with E-state index in [2.05, 4.69) is 51.1 Å². The number of aryl methyl sites for hydroxylation is 2. The van der Waals surface area contributed by atoms with Crippen LogP contribution in [0.25, 0.3) is 0 Å². The SMILES string of the molecule is Cc1cc([C@H]2[C@H](c3ccccn3)NC(=S)N2Cc2ccncc2)c(C)[nH]1. The summed E-state index contributed by atoms with van der Waals surface area (Å²) in [7, 11) is 0. The average molecular weight is 363 g/mol. The third-order valence-electron chi connectivity index (χ3n) is 4.81. The molecule has 1 saturated heterocycles. The van der Waals surface area contributed by atoms with Gasteiger partial charge in [-0.25, -0.2) is 0 Å². The van der Waals surface area contributed by atoms with Crippen LogP contribution in [-0.4, -0.2) is 25.0 Å². The van der Waals surface area contributed by atoms with E-state index in [1.165, 1.54) is 16.8 Å². The molecule has 6 heteroatoms. The molecule has 0 spiro atoms. The largest absolute Gasteiger partial charge is 0.362 e. The Morgan fingerprint density at radius 3 is 2.58 bits per heavy atom. The molecule has 0 aliphatic carbocycles. The van der Waals surface area contributed by atoms with E-state index in [0.717, 1.165) is 23.0 Å². The van der Waals surface area contributed by atoms with Crippen molar-refractivity contribution in [2.45, 2.75) is 32.5 Å². The smallest absolute Gasteiger partial charge is 0.170 e. The van der Waals surface area contributed by atoms with E-state index in [0.29, 0.717) is 0 Å². The van der Waals surface area contributed by atoms with Gasteiger partial charge in [-0.2, -0.15) is 0 Å². The lowest BCUT2D eigenvalue weighted by atomic mass is 9.96. The minimum Gasteiger partial charge on any atom is -0.362 e. The maximum absolute atomic E-state index is 5.71. The highest BCUT2D eigenvalue weighted by Crippen LogP contribution is 2.40. The number of pyridine rings is 2. The first-order valence-corrected chi connectivity index (χ1v) is 9.07. The molecule has 5 nitrogen and oxygen atoms in total. The molecule has 0 amide bonds. The van der Waals surface area contributed by atoms with Crippen molar-refractivity contribution >= 4 is 17.3 Å². The molecular weight excluding hydrogens is 342 g/mol. The molecule has 0 saturated carbocycles. The first-order chi connectivity index (χ1) is 12.6. The lowest BCUT2D eigenvalue weighted by Gasteiger charge is -2.28. The highest BCUT2D eigenvalue weighted by molar-refractivity contribution is 7.80. The zero-order chi connectivity index (χ0) is 18.1. The topological polar surface area (TPSA) is 56.8 Å². The van der Waals surface area contributed by atoms with Gasteiger partial charge < -0.3 is 15.2 Å². The summed E-state index contributed by atoms with van der Waals surface area (Å²) >= 11 is 5.71. The third kappa shape index (κ3) is 3.08. The van der Waals surface area contributed by atoms with Crippen LogP contribution in [0.1, 0.15) is 40.3 Å². The standard InChI is InChI=1S/C20H21N5S/c1-13-11-16(14(2)23-13)19-18(17-5-3-4-8-22-17)24-20(26)25(19)12-15-6-9-21-10-7-15/h3-11,18-19,23H,12H2,1-2H3,(H,24,26)/t18-,19-/m0/s1. The molecule has 3 aromatic rings. The van der Waals surface area contributed by atoms with Crippen LogP contribution >= 0.6 is 12.2 Å². The summed E-state index contributed by atoms with van der Waals surface area (Å²) in [5, 5.41) is 4.24. The van der Waals surface area contributed by atoms with E-state index in [1.807, 2.05) is 42.9 Å². The number of aromatic amines is 1. The quantitative estimate of drug-likeness (QED) is 0.694. The van der Waals surface area contributed by atoms with Gasteiger partial charge in [0.15, 0.2) is 5.11 Å². The Morgan fingerprint density at radius 2 is 1.92 bits per heavy atom. The van der Waals surface area contributed by atoms with Crippen LogP contribution in [-0.2, 0) is 6.54 Å². The van der Waals surface area contributed by atoms with Crippen molar-refractivity contribution in [1.29, 1.82) is 0 Å². The van der Waals surface area contributed by atoms with E-state index < -0.39 is 0 Å². The molecule has 0 unspecified atom stereocenters. The zero-order valence-electron chi connectivity index (χ0n) is 14.8. The summed E-state index contributed by atoms with van der Waals surface area (Å²) < 4.78 is 0. The monoisotopic (exact) mass is 363 g/mol. The first kappa shape index (κ1) is 16.7. The van der Waals surface area contributed by atoms with Crippen LogP contribution in [0.3, 0.4) is 0 Å². The molecule has 4 heterocycles. The van der Waals surface area contributed by atoms with Gasteiger partial charge in [-0.1, -0.05) is 6.07 Å². The number of hydrogen-bond donors (Lipinski definition) is 2. The van der Waals surface area contributed by atoms with Gasteiger partial charge in [0, 0.05) is 36.5 Å². The summed E-state index contributed by atoms with van der Waals surface area (Å²) in [5.74, 6) is 0. The average Bonchev–Trinajstić information content (AvgIpc) is 3.15. The highest BCUT2D eigenvalue weighted by atomic mass is 32.1. The van der Waals surface area contributed by atoms with Gasteiger partial charge >= 0.3 is 0 Å². The predicted molar refractivity (Wildman–Crippen MR) is 105 cm³/mol. The molecule has 2 N–H and O–H groups in total. The van der Waals surface area contributed by atoms with Gasteiger partial charge in [0.2, 0.25) is 0 Å². The van der Waals surface area contributed by atoms with Crippen molar-refractivity contribution in [3.05, 3.63) is 83.2 Å². The molecule has 0 radical (unpaired) electrons. The maximum atomic E-state index is 5.71. The molecule has 132 valence electrons. The number of H-pyrrole nitrogens is 1. The number of hydrogen-bond acceptors (Lipinski definition) is 3. The van der Waals surface area contributed by atoms with Crippen LogP contribution < -0.4 is 5.32 Å². The molecular formula is C20H21N5S. The molecule has 2 atom stereocenters. The number of rotatable bonds is 4. The Kier molecular flexibility index (Phi) is 4.42. The number of aromatic nitrogens is 3. The fraction of sp³-hybridized carbons (Fsp3) is 0.250. The number of nitrogens with zero attached hydrogens (tertiary/aromatic N) is 3. The summed E-state index contributed by atoms with van der Waals surface area (Å²) in [6.07, 6.45) is 5.47. The molecule has 1 fully saturated rings. The Labute approximate surface area is 158 Å². The predicted octanol–water partition coefficient (Wildman–Crippen LogP) is 3.59. The molecule has 1 aliphatic rings. The molecule has 26 heavy (non-hydrogen) atoms. The van der Waals surface area contributed by atoms with Crippen molar-refractivity contribution in [3.8, 4) is 0 Å². The Balaban J connectivity index is 1.76. The van der Waals surface area contributed by atoms with Crippen LogP contribution in [0.2, 0.25) is 0 Å². The molecule has 0 aromatic carbocycles. The lowest BCUT2D eigenvalue weighted by Crippen LogP contribution is -2.29. The Morgan fingerprint density at radius 1 is 1.12 bits per heavy atom. The Hall–Kier alpha value is -2.73. The van der Waals surface area contributed by atoms with Crippen molar-refractivity contribution in [3.63, 3.8) is 0 Å². The van der Waals surface area contributed by atoms with Crippen molar-refractivity contribution in [2.24, 2.45) is 0 Å². The van der Waals surface area contributed by atoms with Crippen LogP contribution in [0.4, 0.5) is 0 Å². The van der Waals surface area contributed by atoms with Gasteiger partial charge in [-0.3, -0.25) is 9.97 Å². The lowest BCUT2D eigenvalue weighted by molar-refractivity contribution is 0.310. The molecule has 3 aromatic heterocycles. The van der Waals surface area contributed by atoms with E-state index in [9.17, 15) is 0 Å². The van der Waals surface area contributed by atoms with Crippen molar-refractivity contribution in [2.75, 3.05) is 0 Å². The fourth-order valence-electron chi connectivity index (χ4n) is 3.65. The van der Waals surface area contributed by atoms with E-state index in [1.54, 1.807) is 0 Å². The third-order valence-corrected chi connectivity index (χ3v) is 5.16. The van der Waals surface area contributed by atoms with E-state index in [-0.39, 0.29) is 12.1 Å². The Bertz CT molecular complexity index is 906. The highest BCUT2D eigenvalue weighted by Gasteiger charge is 2.40.